The zero-order valence-electron chi connectivity index (χ0n) is 22.0. The quantitative estimate of drug-likeness (QED) is 0.376. The van der Waals surface area contributed by atoms with Gasteiger partial charge < -0.3 is 10.2 Å². The molecule has 0 fully saturated rings. The highest BCUT2D eigenvalue weighted by Gasteiger charge is 2.33. The van der Waals surface area contributed by atoms with Gasteiger partial charge >= 0.3 is 0 Å². The summed E-state index contributed by atoms with van der Waals surface area (Å²) in [4.78, 5) is 27.9. The predicted molar refractivity (Wildman–Crippen MR) is 152 cm³/mol. The zero-order valence-corrected chi connectivity index (χ0v) is 24.3. The molecule has 0 unspecified atom stereocenters. The maximum atomic E-state index is 13.9. The molecule has 3 aromatic carbocycles. The van der Waals surface area contributed by atoms with Gasteiger partial charge in [0.2, 0.25) is 11.8 Å². The lowest BCUT2D eigenvalue weighted by molar-refractivity contribution is -0.139. The van der Waals surface area contributed by atoms with Gasteiger partial charge in [-0.25, -0.2) is 8.42 Å². The standard InChI is InChI=1S/C28H31Cl2N3O4S/c1-18-12-14-22(15-13-18)38(36,37)33(26-11-6-8-19(2)20(26)3)17-27(34)32(21(4)28(35)31-5)16-23-24(29)9-7-10-25(23)30/h6-15,21H,16-17H2,1-5H3,(H,31,35)/t21-/m1/s1. The Morgan fingerprint density at radius 3 is 2.08 bits per heavy atom. The minimum Gasteiger partial charge on any atom is -0.357 e. The first-order valence-electron chi connectivity index (χ1n) is 12.0. The highest BCUT2D eigenvalue weighted by Crippen LogP contribution is 2.30. The van der Waals surface area contributed by atoms with Crippen molar-refractivity contribution in [2.45, 2.75) is 45.2 Å². The summed E-state index contributed by atoms with van der Waals surface area (Å²) in [6.07, 6.45) is 0. The van der Waals surface area contributed by atoms with E-state index in [1.807, 2.05) is 19.9 Å². The maximum absolute atomic E-state index is 13.9. The Morgan fingerprint density at radius 2 is 1.50 bits per heavy atom. The average Bonchev–Trinajstić information content (AvgIpc) is 2.88. The van der Waals surface area contributed by atoms with E-state index in [1.165, 1.54) is 24.1 Å². The van der Waals surface area contributed by atoms with E-state index in [-0.39, 0.29) is 11.4 Å². The second-order valence-electron chi connectivity index (χ2n) is 9.06. The lowest BCUT2D eigenvalue weighted by atomic mass is 10.1. The molecule has 38 heavy (non-hydrogen) atoms. The summed E-state index contributed by atoms with van der Waals surface area (Å²) in [6.45, 7) is 6.48. The van der Waals surface area contributed by atoms with E-state index in [9.17, 15) is 18.0 Å². The zero-order chi connectivity index (χ0) is 28.2. The molecule has 2 amide bonds. The third-order valence-corrected chi connectivity index (χ3v) is 9.02. The van der Waals surface area contributed by atoms with Crippen LogP contribution in [0.4, 0.5) is 5.69 Å². The van der Waals surface area contributed by atoms with Crippen molar-refractivity contribution in [2.24, 2.45) is 0 Å². The number of hydrogen-bond donors (Lipinski definition) is 1. The molecule has 202 valence electrons. The Balaban J connectivity index is 2.11. The summed E-state index contributed by atoms with van der Waals surface area (Å²) in [5, 5.41) is 3.21. The van der Waals surface area contributed by atoms with Gasteiger partial charge in [-0.2, -0.15) is 0 Å². The molecule has 3 rings (SSSR count). The fraction of sp³-hybridized carbons (Fsp3) is 0.286. The number of likely N-dealkylation sites (N-methyl/N-ethyl adjacent to an activating group) is 1. The van der Waals surface area contributed by atoms with Crippen LogP contribution in [-0.4, -0.2) is 44.8 Å². The third-order valence-electron chi connectivity index (χ3n) is 6.54. The molecular weight excluding hydrogens is 545 g/mol. The number of carbonyl (C=O) groups excluding carboxylic acids is 2. The number of nitrogens with zero attached hydrogens (tertiary/aromatic N) is 2. The summed E-state index contributed by atoms with van der Waals surface area (Å²) >= 11 is 12.7. The maximum Gasteiger partial charge on any atom is 0.264 e. The van der Waals surface area contributed by atoms with Crippen molar-refractivity contribution in [3.8, 4) is 0 Å². The van der Waals surface area contributed by atoms with E-state index in [2.05, 4.69) is 5.32 Å². The topological polar surface area (TPSA) is 86.8 Å². The molecule has 0 bridgehead atoms. The Morgan fingerprint density at radius 1 is 0.921 bits per heavy atom. The van der Waals surface area contributed by atoms with Gasteiger partial charge in [0.15, 0.2) is 0 Å². The summed E-state index contributed by atoms with van der Waals surface area (Å²) in [6, 6.07) is 15.7. The van der Waals surface area contributed by atoms with Crippen LogP contribution in [-0.2, 0) is 26.2 Å². The second-order valence-corrected chi connectivity index (χ2v) is 11.7. The minimum absolute atomic E-state index is 0.0526. The van der Waals surface area contributed by atoms with E-state index in [0.717, 1.165) is 21.0 Å². The number of carbonyl (C=O) groups is 2. The second kappa shape index (κ2) is 12.2. The van der Waals surface area contributed by atoms with Crippen molar-refractivity contribution in [3.05, 3.63) is 93.0 Å². The van der Waals surface area contributed by atoms with E-state index < -0.39 is 34.4 Å². The monoisotopic (exact) mass is 575 g/mol. The van der Waals surface area contributed by atoms with E-state index in [4.69, 9.17) is 23.2 Å². The van der Waals surface area contributed by atoms with Crippen LogP contribution in [0.25, 0.3) is 0 Å². The number of nitrogens with one attached hydrogen (secondary N) is 1. The van der Waals surface area contributed by atoms with Crippen molar-refractivity contribution in [1.29, 1.82) is 0 Å². The summed E-state index contributed by atoms with van der Waals surface area (Å²) in [5.41, 5.74) is 3.33. The van der Waals surface area contributed by atoms with E-state index >= 15 is 0 Å². The number of anilines is 1. The van der Waals surface area contributed by atoms with Crippen LogP contribution in [0.2, 0.25) is 10.0 Å². The molecule has 0 aliphatic carbocycles. The van der Waals surface area contributed by atoms with Gasteiger partial charge in [-0.3, -0.25) is 13.9 Å². The molecule has 0 saturated carbocycles. The van der Waals surface area contributed by atoms with Crippen LogP contribution in [0.15, 0.2) is 65.6 Å². The van der Waals surface area contributed by atoms with Crippen LogP contribution in [0, 0.1) is 20.8 Å². The predicted octanol–water partition coefficient (Wildman–Crippen LogP) is 5.28. The fourth-order valence-electron chi connectivity index (χ4n) is 4.00. The van der Waals surface area contributed by atoms with Crippen LogP contribution in [0.3, 0.4) is 0 Å². The summed E-state index contributed by atoms with van der Waals surface area (Å²) in [7, 11) is -2.68. The first-order valence-corrected chi connectivity index (χ1v) is 14.2. The van der Waals surface area contributed by atoms with Gasteiger partial charge in [0.05, 0.1) is 10.6 Å². The Labute approximate surface area is 234 Å². The number of benzene rings is 3. The molecule has 0 heterocycles. The largest absolute Gasteiger partial charge is 0.357 e. The molecular formula is C28H31Cl2N3O4S. The lowest BCUT2D eigenvalue weighted by Crippen LogP contribution is -2.51. The number of rotatable bonds is 9. The molecule has 3 aromatic rings. The molecule has 7 nitrogen and oxygen atoms in total. The van der Waals surface area contributed by atoms with Crippen LogP contribution >= 0.6 is 23.2 Å². The number of amides is 2. The molecule has 1 atom stereocenters. The van der Waals surface area contributed by atoms with Crippen LogP contribution < -0.4 is 9.62 Å². The lowest BCUT2D eigenvalue weighted by Gasteiger charge is -2.32. The molecule has 0 aliphatic heterocycles. The summed E-state index contributed by atoms with van der Waals surface area (Å²) < 4.78 is 28.9. The normalized spacial score (nSPS) is 12.1. The van der Waals surface area contributed by atoms with Crippen LogP contribution in [0.1, 0.15) is 29.2 Å². The van der Waals surface area contributed by atoms with Gasteiger partial charge in [0.1, 0.15) is 12.6 Å². The molecule has 0 spiro atoms. The van der Waals surface area contributed by atoms with Gasteiger partial charge in [0.25, 0.3) is 10.0 Å². The highest BCUT2D eigenvalue weighted by atomic mass is 35.5. The smallest absolute Gasteiger partial charge is 0.264 e. The van der Waals surface area contributed by atoms with Gasteiger partial charge in [-0.1, -0.05) is 59.1 Å². The van der Waals surface area contributed by atoms with Crippen molar-refractivity contribution >= 4 is 50.7 Å². The van der Waals surface area contributed by atoms with E-state index in [1.54, 1.807) is 56.3 Å². The summed E-state index contributed by atoms with van der Waals surface area (Å²) in [5.74, 6) is -1.00. The molecule has 0 aromatic heterocycles. The Hall–Kier alpha value is -3.07. The Kier molecular flexibility index (Phi) is 9.46. The molecule has 10 heteroatoms. The average molecular weight is 577 g/mol. The Bertz CT molecular complexity index is 1420. The molecule has 1 N–H and O–H groups in total. The molecule has 0 aliphatic rings. The highest BCUT2D eigenvalue weighted by molar-refractivity contribution is 7.92. The number of halogens is 2. The van der Waals surface area contributed by atoms with Gasteiger partial charge in [-0.05, 0) is 69.2 Å². The van der Waals surface area contributed by atoms with Crippen LogP contribution in [0.5, 0.6) is 0 Å². The van der Waals surface area contributed by atoms with Crippen molar-refractivity contribution in [3.63, 3.8) is 0 Å². The van der Waals surface area contributed by atoms with Gasteiger partial charge in [-0.15, -0.1) is 0 Å². The number of hydrogen-bond acceptors (Lipinski definition) is 4. The number of sulfonamides is 1. The fourth-order valence-corrected chi connectivity index (χ4v) is 5.99. The SMILES string of the molecule is CNC(=O)[C@@H](C)N(Cc1c(Cl)cccc1Cl)C(=O)CN(c1cccc(C)c1C)S(=O)(=O)c1ccc(C)cc1. The molecule has 0 radical (unpaired) electrons. The van der Waals surface area contributed by atoms with Crippen molar-refractivity contribution in [2.75, 3.05) is 17.9 Å². The third kappa shape index (κ3) is 6.31. The van der Waals surface area contributed by atoms with E-state index in [0.29, 0.717) is 21.3 Å². The first-order chi connectivity index (χ1) is 17.9. The minimum atomic E-state index is -4.15. The van der Waals surface area contributed by atoms with Crippen molar-refractivity contribution in [1.82, 2.24) is 10.2 Å². The first kappa shape index (κ1) is 29.5. The number of aryl methyl sites for hydroxylation is 2. The van der Waals surface area contributed by atoms with Gasteiger partial charge in [0, 0.05) is 29.2 Å². The molecule has 0 saturated heterocycles. The van der Waals surface area contributed by atoms with Crippen molar-refractivity contribution < 1.29 is 18.0 Å².